The summed E-state index contributed by atoms with van der Waals surface area (Å²) in [6, 6.07) is 61.0. The molecule has 5 heterocycles. The summed E-state index contributed by atoms with van der Waals surface area (Å²) in [4.78, 5) is 14.2. The molecule has 12 rings (SSSR count). The van der Waals surface area contributed by atoms with Gasteiger partial charge >= 0.3 is 0 Å². The summed E-state index contributed by atoms with van der Waals surface area (Å²) >= 11 is 0. The molecule has 0 amide bonds. The van der Waals surface area contributed by atoms with Gasteiger partial charge in [0.2, 0.25) is 0 Å². The second-order valence-electron chi connectivity index (χ2n) is 14.8. The fraction of sp³-hybridized carbons (Fsp3) is 0. The van der Waals surface area contributed by atoms with Gasteiger partial charge in [-0.15, -0.1) is 0 Å². The van der Waals surface area contributed by atoms with E-state index in [1.807, 2.05) is 30.9 Å². The summed E-state index contributed by atoms with van der Waals surface area (Å²) in [7, 11) is -2.50. The maximum atomic E-state index is 5.02. The van der Waals surface area contributed by atoms with E-state index in [4.69, 9.17) is 4.98 Å². The van der Waals surface area contributed by atoms with E-state index in [9.17, 15) is 0 Å². The van der Waals surface area contributed by atoms with Crippen molar-refractivity contribution in [3.05, 3.63) is 189 Å². The lowest BCUT2D eigenvalue weighted by Crippen LogP contribution is -2.70. The summed E-state index contributed by atoms with van der Waals surface area (Å²) in [5, 5.41) is 10.4. The topological polar surface area (TPSA) is 38.7 Å². The fourth-order valence-electron chi connectivity index (χ4n) is 9.65. The monoisotopic (exact) mass is 713 g/mol. The first-order valence-electron chi connectivity index (χ1n) is 18.8. The Labute approximate surface area is 319 Å². The van der Waals surface area contributed by atoms with Crippen molar-refractivity contribution in [1.82, 2.24) is 15.0 Å². The predicted octanol–water partition coefficient (Wildman–Crippen LogP) is 9.67. The third-order valence-electron chi connectivity index (χ3n) is 12.0. The van der Waals surface area contributed by atoms with E-state index < -0.39 is 8.07 Å². The Morgan fingerprint density at radius 3 is 1.73 bits per heavy atom. The highest BCUT2D eigenvalue weighted by Crippen LogP contribution is 2.40. The first kappa shape index (κ1) is 30.4. The fourth-order valence-corrected chi connectivity index (χ4v) is 15.2. The molecule has 0 saturated carbocycles. The lowest BCUT2D eigenvalue weighted by Gasteiger charge is -2.27. The molecule has 254 valence electrons. The quantitative estimate of drug-likeness (QED) is 0.135. The molecule has 2 aliphatic heterocycles. The summed E-state index contributed by atoms with van der Waals surface area (Å²) in [5.74, 6) is 0. The molecule has 0 atom stereocenters. The number of pyridine rings is 3. The standard InChI is InChI=1S/C51H31N3Si/c1-4-15-46-41(11-1)42-12-2-5-16-47(42)55(46)48-17-6-3-13-43(48)44-29-34(20-21-49(44)55)36-26-37(28-38(27-36)40-14-7-9-32-22-24-52-31-45(32)40)39-25-35-19-18-33-10-8-23-53-50(33)51(35)54-30-39/h1-31H. The Balaban J connectivity index is 1.09. The Hall–Kier alpha value is -7.01. The van der Waals surface area contributed by atoms with Crippen LogP contribution in [0.25, 0.3) is 88.2 Å². The van der Waals surface area contributed by atoms with Gasteiger partial charge in [-0.3, -0.25) is 15.0 Å². The van der Waals surface area contributed by atoms with Crippen LogP contribution < -0.4 is 20.7 Å². The Bertz CT molecular complexity index is 3190. The van der Waals surface area contributed by atoms with Crippen LogP contribution in [0.15, 0.2) is 189 Å². The lowest BCUT2D eigenvalue weighted by atomic mass is 9.91. The van der Waals surface area contributed by atoms with Crippen molar-refractivity contribution >= 4 is 61.4 Å². The number of hydrogen-bond acceptors (Lipinski definition) is 3. The molecule has 0 saturated heterocycles. The van der Waals surface area contributed by atoms with Crippen molar-refractivity contribution in [2.45, 2.75) is 0 Å². The first-order valence-corrected chi connectivity index (χ1v) is 20.8. The van der Waals surface area contributed by atoms with Crippen LogP contribution in [-0.2, 0) is 0 Å². The van der Waals surface area contributed by atoms with Crippen molar-refractivity contribution in [2.24, 2.45) is 0 Å². The first-order chi connectivity index (χ1) is 27.3. The highest BCUT2D eigenvalue weighted by molar-refractivity contribution is 7.24. The van der Waals surface area contributed by atoms with Gasteiger partial charge in [-0.1, -0.05) is 121 Å². The molecular formula is C51H31N3Si. The average molecular weight is 714 g/mol. The highest BCUT2D eigenvalue weighted by Gasteiger charge is 2.53. The molecule has 0 unspecified atom stereocenters. The molecule has 0 bridgehead atoms. The van der Waals surface area contributed by atoms with Crippen LogP contribution in [0.3, 0.4) is 0 Å². The number of benzene rings is 7. The molecule has 7 aromatic carbocycles. The van der Waals surface area contributed by atoms with E-state index >= 15 is 0 Å². The molecule has 10 aromatic rings. The SMILES string of the molecule is c1ccc2c(c1)-c1ccccc1[Si]21c2ccccc2-c2cc(-c3cc(-c4cnc5c(ccc6cccnc65)c4)cc(-c4cccc5ccncc45)c3)ccc21. The average Bonchev–Trinajstić information content (AvgIpc) is 3.73. The zero-order valence-electron chi connectivity index (χ0n) is 29.7. The number of aromatic nitrogens is 3. The lowest BCUT2D eigenvalue weighted by molar-refractivity contribution is 1.36. The van der Waals surface area contributed by atoms with Gasteiger partial charge in [0.25, 0.3) is 0 Å². The molecule has 4 heteroatoms. The summed E-state index contributed by atoms with van der Waals surface area (Å²) in [5.41, 5.74) is 14.2. The van der Waals surface area contributed by atoms with Crippen molar-refractivity contribution in [1.29, 1.82) is 0 Å². The third-order valence-corrected chi connectivity index (χ3v) is 17.0. The zero-order valence-corrected chi connectivity index (χ0v) is 30.7. The van der Waals surface area contributed by atoms with Crippen molar-refractivity contribution < 1.29 is 0 Å². The summed E-state index contributed by atoms with van der Waals surface area (Å²) < 4.78 is 0. The van der Waals surface area contributed by atoms with Crippen molar-refractivity contribution in [2.75, 3.05) is 0 Å². The molecule has 55 heavy (non-hydrogen) atoms. The minimum atomic E-state index is -2.50. The van der Waals surface area contributed by atoms with Gasteiger partial charge in [-0.25, -0.2) is 0 Å². The number of hydrogen-bond donors (Lipinski definition) is 0. The Kier molecular flexibility index (Phi) is 6.36. The van der Waals surface area contributed by atoms with Crippen LogP contribution in [0.2, 0.25) is 0 Å². The van der Waals surface area contributed by atoms with Crippen LogP contribution in [-0.4, -0.2) is 23.0 Å². The molecule has 0 radical (unpaired) electrons. The van der Waals surface area contributed by atoms with Gasteiger partial charge < -0.3 is 0 Å². The van der Waals surface area contributed by atoms with Gasteiger partial charge in [0.05, 0.1) is 11.0 Å². The maximum absolute atomic E-state index is 5.02. The molecular weight excluding hydrogens is 683 g/mol. The third kappa shape index (κ3) is 4.28. The van der Waals surface area contributed by atoms with Gasteiger partial charge in [-0.2, -0.15) is 0 Å². The minimum absolute atomic E-state index is 0.920. The van der Waals surface area contributed by atoms with E-state index in [0.717, 1.165) is 49.4 Å². The summed E-state index contributed by atoms with van der Waals surface area (Å²) in [6.07, 6.45) is 7.70. The van der Waals surface area contributed by atoms with Crippen LogP contribution in [0, 0.1) is 0 Å². The van der Waals surface area contributed by atoms with E-state index in [1.165, 1.54) is 59.5 Å². The number of rotatable bonds is 3. The van der Waals surface area contributed by atoms with E-state index in [0.29, 0.717) is 0 Å². The van der Waals surface area contributed by atoms with Gasteiger partial charge in [0.15, 0.2) is 8.07 Å². The minimum Gasteiger partial charge on any atom is -0.264 e. The van der Waals surface area contributed by atoms with Crippen molar-refractivity contribution in [3.63, 3.8) is 0 Å². The van der Waals surface area contributed by atoms with Crippen LogP contribution in [0.4, 0.5) is 0 Å². The second-order valence-corrected chi connectivity index (χ2v) is 18.4. The largest absolute Gasteiger partial charge is 0.264 e. The Morgan fingerprint density at radius 2 is 0.945 bits per heavy atom. The predicted molar refractivity (Wildman–Crippen MR) is 230 cm³/mol. The molecule has 2 aliphatic rings. The second kappa shape index (κ2) is 11.5. The smallest absolute Gasteiger partial charge is 0.182 e. The zero-order chi connectivity index (χ0) is 36.1. The normalized spacial score (nSPS) is 13.2. The van der Waals surface area contributed by atoms with Gasteiger partial charge in [-0.05, 0) is 119 Å². The maximum Gasteiger partial charge on any atom is 0.182 e. The van der Waals surface area contributed by atoms with Gasteiger partial charge in [0, 0.05) is 46.5 Å². The Morgan fingerprint density at radius 1 is 0.327 bits per heavy atom. The summed E-state index contributed by atoms with van der Waals surface area (Å²) in [6.45, 7) is 0. The highest BCUT2D eigenvalue weighted by atomic mass is 28.3. The van der Waals surface area contributed by atoms with Gasteiger partial charge in [0.1, 0.15) is 0 Å². The van der Waals surface area contributed by atoms with E-state index in [-0.39, 0.29) is 0 Å². The number of nitrogens with zero attached hydrogens (tertiary/aromatic N) is 3. The number of fused-ring (bicyclic) bond motifs is 14. The molecule has 3 nitrogen and oxygen atoms in total. The molecule has 3 aromatic heterocycles. The molecule has 0 N–H and O–H groups in total. The van der Waals surface area contributed by atoms with Crippen LogP contribution in [0.5, 0.6) is 0 Å². The van der Waals surface area contributed by atoms with Crippen LogP contribution in [0.1, 0.15) is 0 Å². The molecule has 1 spiro atoms. The van der Waals surface area contributed by atoms with E-state index in [1.54, 1.807) is 0 Å². The molecule has 0 fully saturated rings. The van der Waals surface area contributed by atoms with Crippen LogP contribution >= 0.6 is 0 Å². The molecule has 0 aliphatic carbocycles. The van der Waals surface area contributed by atoms with E-state index in [2.05, 4.69) is 168 Å². The van der Waals surface area contributed by atoms with Crippen molar-refractivity contribution in [3.8, 4) is 55.6 Å².